The molecule has 0 aliphatic carbocycles. The third-order valence-electron chi connectivity index (χ3n) is 3.09. The molecule has 1 amide bonds. The average molecular weight is 210 g/mol. The SMILES string of the molecule is CC1=C2N(C)CCN2C(=O)C1CC(=O)O. The topological polar surface area (TPSA) is 60.9 Å². The number of nitrogens with zero attached hydrogens (tertiary/aromatic N) is 2. The second-order valence-corrected chi connectivity index (χ2v) is 4.07. The third-order valence-corrected chi connectivity index (χ3v) is 3.09. The highest BCUT2D eigenvalue weighted by atomic mass is 16.4. The molecule has 2 rings (SSSR count). The fourth-order valence-electron chi connectivity index (χ4n) is 2.34. The van der Waals surface area contributed by atoms with Gasteiger partial charge in [0.2, 0.25) is 5.91 Å². The number of rotatable bonds is 2. The van der Waals surface area contributed by atoms with Crippen molar-refractivity contribution in [3.05, 3.63) is 11.4 Å². The number of carboxylic acid groups (broad SMARTS) is 1. The lowest BCUT2D eigenvalue weighted by Crippen LogP contribution is -2.28. The molecule has 2 aliphatic rings. The first-order valence-electron chi connectivity index (χ1n) is 4.97. The van der Waals surface area contributed by atoms with E-state index in [1.807, 2.05) is 18.9 Å². The highest BCUT2D eigenvalue weighted by Crippen LogP contribution is 2.35. The molecule has 5 heteroatoms. The van der Waals surface area contributed by atoms with E-state index in [2.05, 4.69) is 0 Å². The van der Waals surface area contributed by atoms with Gasteiger partial charge in [0.25, 0.3) is 0 Å². The van der Waals surface area contributed by atoms with Gasteiger partial charge in [-0.05, 0) is 12.5 Å². The Morgan fingerprint density at radius 2 is 2.20 bits per heavy atom. The van der Waals surface area contributed by atoms with Gasteiger partial charge in [-0.2, -0.15) is 0 Å². The second-order valence-electron chi connectivity index (χ2n) is 4.07. The predicted molar refractivity (Wildman–Crippen MR) is 52.8 cm³/mol. The first kappa shape index (κ1) is 10.0. The molecule has 15 heavy (non-hydrogen) atoms. The number of hydrogen-bond donors (Lipinski definition) is 1. The van der Waals surface area contributed by atoms with Gasteiger partial charge in [-0.3, -0.25) is 14.5 Å². The zero-order chi connectivity index (χ0) is 11.2. The molecule has 0 aromatic heterocycles. The number of carbonyl (C=O) groups is 2. The van der Waals surface area contributed by atoms with Crippen molar-refractivity contribution in [1.29, 1.82) is 0 Å². The van der Waals surface area contributed by atoms with Crippen LogP contribution < -0.4 is 0 Å². The third kappa shape index (κ3) is 1.38. The maximum atomic E-state index is 11.9. The molecule has 2 aliphatic heterocycles. The molecule has 0 bridgehead atoms. The van der Waals surface area contributed by atoms with Crippen molar-refractivity contribution < 1.29 is 14.7 Å². The van der Waals surface area contributed by atoms with Crippen molar-refractivity contribution in [2.24, 2.45) is 5.92 Å². The molecule has 2 heterocycles. The van der Waals surface area contributed by atoms with Gasteiger partial charge in [0, 0.05) is 20.1 Å². The minimum absolute atomic E-state index is 0.0609. The van der Waals surface area contributed by atoms with E-state index in [1.54, 1.807) is 4.90 Å². The Labute approximate surface area is 88.0 Å². The van der Waals surface area contributed by atoms with Crippen LogP contribution in [-0.4, -0.2) is 46.9 Å². The summed E-state index contributed by atoms with van der Waals surface area (Å²) in [5, 5.41) is 8.73. The minimum atomic E-state index is -0.919. The molecular weight excluding hydrogens is 196 g/mol. The van der Waals surface area contributed by atoms with Crippen molar-refractivity contribution >= 4 is 11.9 Å². The molecule has 0 radical (unpaired) electrons. The Morgan fingerprint density at radius 1 is 1.53 bits per heavy atom. The Morgan fingerprint density at radius 3 is 2.73 bits per heavy atom. The molecule has 0 aromatic rings. The molecule has 0 saturated carbocycles. The number of aliphatic carboxylic acids is 1. The van der Waals surface area contributed by atoms with Crippen LogP contribution in [0, 0.1) is 5.92 Å². The van der Waals surface area contributed by atoms with Crippen LogP contribution >= 0.6 is 0 Å². The fourth-order valence-corrected chi connectivity index (χ4v) is 2.34. The Bertz CT molecular complexity index is 362. The Kier molecular flexibility index (Phi) is 2.17. The summed E-state index contributed by atoms with van der Waals surface area (Å²) >= 11 is 0. The first-order valence-corrected chi connectivity index (χ1v) is 4.97. The number of fused-ring (bicyclic) bond motifs is 1. The van der Waals surface area contributed by atoms with Crippen molar-refractivity contribution in [1.82, 2.24) is 9.80 Å². The zero-order valence-electron chi connectivity index (χ0n) is 8.86. The van der Waals surface area contributed by atoms with Crippen molar-refractivity contribution in [3.63, 3.8) is 0 Å². The van der Waals surface area contributed by atoms with Gasteiger partial charge >= 0.3 is 5.97 Å². The number of likely N-dealkylation sites (N-methyl/N-ethyl adjacent to an activating group) is 1. The highest BCUT2D eigenvalue weighted by molar-refractivity contribution is 5.90. The molecule has 82 valence electrons. The molecular formula is C10H14N2O3. The Hall–Kier alpha value is -1.52. The van der Waals surface area contributed by atoms with Gasteiger partial charge in [-0.1, -0.05) is 0 Å². The smallest absolute Gasteiger partial charge is 0.304 e. The van der Waals surface area contributed by atoms with Gasteiger partial charge < -0.3 is 10.0 Å². The van der Waals surface area contributed by atoms with E-state index in [0.717, 1.165) is 17.9 Å². The molecule has 0 aromatic carbocycles. The maximum absolute atomic E-state index is 11.9. The molecule has 5 nitrogen and oxygen atoms in total. The average Bonchev–Trinajstić information content (AvgIpc) is 2.62. The van der Waals surface area contributed by atoms with Gasteiger partial charge in [-0.25, -0.2) is 0 Å². The Balaban J connectivity index is 2.30. The van der Waals surface area contributed by atoms with E-state index >= 15 is 0 Å². The van der Waals surface area contributed by atoms with Crippen LogP contribution in [0.4, 0.5) is 0 Å². The number of carbonyl (C=O) groups excluding carboxylic acids is 1. The van der Waals surface area contributed by atoms with Crippen LogP contribution in [0.5, 0.6) is 0 Å². The molecule has 1 fully saturated rings. The van der Waals surface area contributed by atoms with Crippen LogP contribution in [0.1, 0.15) is 13.3 Å². The van der Waals surface area contributed by atoms with Crippen LogP contribution in [0.2, 0.25) is 0 Å². The monoisotopic (exact) mass is 210 g/mol. The summed E-state index contributed by atoms with van der Waals surface area (Å²) in [6, 6.07) is 0. The summed E-state index contributed by atoms with van der Waals surface area (Å²) in [4.78, 5) is 26.2. The minimum Gasteiger partial charge on any atom is -0.481 e. The van der Waals surface area contributed by atoms with Gasteiger partial charge in [0.1, 0.15) is 5.82 Å². The lowest BCUT2D eigenvalue weighted by atomic mass is 9.99. The molecule has 1 unspecified atom stereocenters. The predicted octanol–water partition coefficient (Wildman–Crippen LogP) is 0.0964. The maximum Gasteiger partial charge on any atom is 0.304 e. The summed E-state index contributed by atoms with van der Waals surface area (Å²) in [5.74, 6) is -0.530. The number of hydrogen-bond acceptors (Lipinski definition) is 3. The van der Waals surface area contributed by atoms with Crippen molar-refractivity contribution in [3.8, 4) is 0 Å². The first-order chi connectivity index (χ1) is 7.02. The summed E-state index contributed by atoms with van der Waals surface area (Å²) < 4.78 is 0. The lowest BCUT2D eigenvalue weighted by Gasteiger charge is -2.14. The molecule has 0 spiro atoms. The van der Waals surface area contributed by atoms with Gasteiger partial charge in [0.05, 0.1) is 12.3 Å². The van der Waals surface area contributed by atoms with E-state index in [-0.39, 0.29) is 12.3 Å². The van der Waals surface area contributed by atoms with E-state index < -0.39 is 11.9 Å². The van der Waals surface area contributed by atoms with E-state index in [9.17, 15) is 9.59 Å². The van der Waals surface area contributed by atoms with Crippen molar-refractivity contribution in [2.75, 3.05) is 20.1 Å². The van der Waals surface area contributed by atoms with Crippen LogP contribution in [0.3, 0.4) is 0 Å². The van der Waals surface area contributed by atoms with E-state index in [0.29, 0.717) is 6.54 Å². The van der Waals surface area contributed by atoms with E-state index in [4.69, 9.17) is 5.11 Å². The van der Waals surface area contributed by atoms with Gasteiger partial charge in [-0.15, -0.1) is 0 Å². The summed E-state index contributed by atoms with van der Waals surface area (Å²) in [5.41, 5.74) is 0.891. The van der Waals surface area contributed by atoms with Crippen LogP contribution in [0.15, 0.2) is 11.4 Å². The standard InChI is InChI=1S/C10H14N2O3/c1-6-7(5-8(13)14)10(15)12-4-3-11(2)9(6)12/h7H,3-5H2,1-2H3,(H,13,14). The number of carboxylic acids is 1. The van der Waals surface area contributed by atoms with Crippen LogP contribution in [-0.2, 0) is 9.59 Å². The summed E-state index contributed by atoms with van der Waals surface area (Å²) in [6.45, 7) is 3.36. The van der Waals surface area contributed by atoms with Crippen molar-refractivity contribution in [2.45, 2.75) is 13.3 Å². The van der Waals surface area contributed by atoms with E-state index in [1.165, 1.54) is 0 Å². The summed E-state index contributed by atoms with van der Waals surface area (Å²) in [7, 11) is 1.93. The molecule has 1 saturated heterocycles. The number of amides is 1. The zero-order valence-corrected chi connectivity index (χ0v) is 8.86. The quantitative estimate of drug-likeness (QED) is 0.702. The summed E-state index contributed by atoms with van der Waals surface area (Å²) in [6.07, 6.45) is -0.0987. The van der Waals surface area contributed by atoms with Crippen LogP contribution in [0.25, 0.3) is 0 Å². The molecule has 1 N–H and O–H groups in total. The molecule has 1 atom stereocenters. The lowest BCUT2D eigenvalue weighted by molar-refractivity contribution is -0.141. The second kappa shape index (κ2) is 3.25. The normalized spacial score (nSPS) is 25.2. The highest BCUT2D eigenvalue weighted by Gasteiger charge is 2.42. The fraction of sp³-hybridized carbons (Fsp3) is 0.600. The van der Waals surface area contributed by atoms with Gasteiger partial charge in [0.15, 0.2) is 0 Å². The largest absolute Gasteiger partial charge is 0.481 e.